The first-order valence-electron chi connectivity index (χ1n) is 6.67. The molecule has 5 nitrogen and oxygen atoms in total. The molecule has 1 fully saturated rings. The highest BCUT2D eigenvalue weighted by Crippen LogP contribution is 2.30. The highest BCUT2D eigenvalue weighted by atomic mass is 16.5. The molecule has 1 aliphatic rings. The standard InChI is InChI=1S/C15H20N2O3/c1-10(2)9-17-13(18)15(3,16-14(17)19)11-5-7-12(20-4)8-6-11/h5-8,10H,9H2,1-4H3,(H,16,19)/t15-/m0/s1. The third kappa shape index (κ3) is 2.35. The van der Waals surface area contributed by atoms with Crippen LogP contribution < -0.4 is 10.1 Å². The summed E-state index contributed by atoms with van der Waals surface area (Å²) in [5.74, 6) is 0.748. The van der Waals surface area contributed by atoms with Gasteiger partial charge in [-0.2, -0.15) is 0 Å². The zero-order chi connectivity index (χ0) is 14.9. The molecule has 0 radical (unpaired) electrons. The van der Waals surface area contributed by atoms with Crippen LogP contribution in [0.1, 0.15) is 26.3 Å². The number of methoxy groups -OCH3 is 1. The van der Waals surface area contributed by atoms with E-state index in [4.69, 9.17) is 4.74 Å². The summed E-state index contributed by atoms with van der Waals surface area (Å²) < 4.78 is 5.10. The first-order chi connectivity index (χ1) is 9.38. The minimum absolute atomic E-state index is 0.207. The van der Waals surface area contributed by atoms with E-state index in [-0.39, 0.29) is 17.9 Å². The van der Waals surface area contributed by atoms with Crippen molar-refractivity contribution in [3.05, 3.63) is 29.8 Å². The van der Waals surface area contributed by atoms with E-state index < -0.39 is 5.54 Å². The molecule has 1 N–H and O–H groups in total. The number of benzene rings is 1. The molecule has 1 atom stereocenters. The molecule has 1 heterocycles. The molecule has 0 saturated carbocycles. The molecule has 5 heteroatoms. The number of urea groups is 1. The Morgan fingerprint density at radius 3 is 2.35 bits per heavy atom. The van der Waals surface area contributed by atoms with Crippen LogP contribution in [0.5, 0.6) is 5.75 Å². The number of hydrogen-bond acceptors (Lipinski definition) is 3. The number of nitrogens with zero attached hydrogens (tertiary/aromatic N) is 1. The van der Waals surface area contributed by atoms with Gasteiger partial charge in [0.05, 0.1) is 7.11 Å². The van der Waals surface area contributed by atoms with Crippen LogP contribution in [0.15, 0.2) is 24.3 Å². The summed E-state index contributed by atoms with van der Waals surface area (Å²) in [6.07, 6.45) is 0. The van der Waals surface area contributed by atoms with Gasteiger partial charge in [-0.25, -0.2) is 4.79 Å². The molecule has 0 bridgehead atoms. The maximum atomic E-state index is 12.5. The van der Waals surface area contributed by atoms with E-state index >= 15 is 0 Å². The summed E-state index contributed by atoms with van der Waals surface area (Å²) >= 11 is 0. The SMILES string of the molecule is COc1ccc([C@]2(C)NC(=O)N(CC(C)C)C2=O)cc1. The minimum atomic E-state index is -1.00. The van der Waals surface area contributed by atoms with E-state index in [2.05, 4.69) is 5.32 Å². The van der Waals surface area contributed by atoms with Crippen molar-refractivity contribution >= 4 is 11.9 Å². The fourth-order valence-corrected chi connectivity index (χ4v) is 2.35. The van der Waals surface area contributed by atoms with Gasteiger partial charge in [-0.3, -0.25) is 9.69 Å². The Morgan fingerprint density at radius 2 is 1.85 bits per heavy atom. The van der Waals surface area contributed by atoms with Crippen molar-refractivity contribution in [2.24, 2.45) is 5.92 Å². The average molecular weight is 276 g/mol. The number of hydrogen-bond donors (Lipinski definition) is 1. The van der Waals surface area contributed by atoms with Gasteiger partial charge >= 0.3 is 6.03 Å². The van der Waals surface area contributed by atoms with E-state index in [1.807, 2.05) is 13.8 Å². The molecule has 0 spiro atoms. The number of carbonyl (C=O) groups is 2. The van der Waals surface area contributed by atoms with Gasteiger partial charge in [0.2, 0.25) is 0 Å². The lowest BCUT2D eigenvalue weighted by molar-refractivity contribution is -0.131. The molecule has 20 heavy (non-hydrogen) atoms. The van der Waals surface area contributed by atoms with E-state index in [1.165, 1.54) is 4.90 Å². The van der Waals surface area contributed by atoms with Gasteiger partial charge < -0.3 is 10.1 Å². The van der Waals surface area contributed by atoms with Gasteiger partial charge in [-0.15, -0.1) is 0 Å². The molecule has 0 unspecified atom stereocenters. The van der Waals surface area contributed by atoms with Gasteiger partial charge in [0.15, 0.2) is 0 Å². The van der Waals surface area contributed by atoms with Crippen LogP contribution in [0, 0.1) is 5.92 Å². The summed E-state index contributed by atoms with van der Waals surface area (Å²) in [7, 11) is 1.59. The second-order valence-corrected chi connectivity index (χ2v) is 5.59. The zero-order valence-corrected chi connectivity index (χ0v) is 12.3. The molecule has 0 aliphatic carbocycles. The van der Waals surface area contributed by atoms with Gasteiger partial charge in [0, 0.05) is 6.54 Å². The van der Waals surface area contributed by atoms with Gasteiger partial charge in [-0.05, 0) is 30.5 Å². The Bertz CT molecular complexity index is 524. The second-order valence-electron chi connectivity index (χ2n) is 5.59. The van der Waals surface area contributed by atoms with Gasteiger partial charge in [0.25, 0.3) is 5.91 Å². The highest BCUT2D eigenvalue weighted by Gasteiger charge is 2.48. The Morgan fingerprint density at radius 1 is 1.25 bits per heavy atom. The lowest BCUT2D eigenvalue weighted by Gasteiger charge is -2.23. The van der Waals surface area contributed by atoms with Crippen LogP contribution in [0.3, 0.4) is 0 Å². The molecule has 1 saturated heterocycles. The van der Waals surface area contributed by atoms with Crippen molar-refractivity contribution < 1.29 is 14.3 Å². The molecular weight excluding hydrogens is 256 g/mol. The zero-order valence-electron chi connectivity index (χ0n) is 12.3. The van der Waals surface area contributed by atoms with Crippen LogP contribution in [0.2, 0.25) is 0 Å². The summed E-state index contributed by atoms with van der Waals surface area (Å²) in [6, 6.07) is 6.84. The summed E-state index contributed by atoms with van der Waals surface area (Å²) in [5.41, 5.74) is -0.249. The van der Waals surface area contributed by atoms with Crippen molar-refractivity contribution in [2.45, 2.75) is 26.3 Å². The first kappa shape index (κ1) is 14.4. The Balaban J connectivity index is 2.30. The third-order valence-electron chi connectivity index (χ3n) is 3.49. The Hall–Kier alpha value is -2.04. The number of nitrogens with one attached hydrogen (secondary N) is 1. The lowest BCUT2D eigenvalue weighted by Crippen LogP contribution is -2.41. The smallest absolute Gasteiger partial charge is 0.325 e. The van der Waals surface area contributed by atoms with Crippen LogP contribution in [-0.2, 0) is 10.3 Å². The topological polar surface area (TPSA) is 58.6 Å². The molecule has 108 valence electrons. The van der Waals surface area contributed by atoms with Crippen molar-refractivity contribution in [2.75, 3.05) is 13.7 Å². The highest BCUT2D eigenvalue weighted by molar-refractivity contribution is 6.07. The van der Waals surface area contributed by atoms with Crippen LogP contribution in [0.25, 0.3) is 0 Å². The monoisotopic (exact) mass is 276 g/mol. The summed E-state index contributed by atoms with van der Waals surface area (Å²) in [4.78, 5) is 25.8. The van der Waals surface area contributed by atoms with Crippen molar-refractivity contribution in [1.82, 2.24) is 10.2 Å². The molecule has 1 aromatic carbocycles. The van der Waals surface area contributed by atoms with Crippen LogP contribution in [-0.4, -0.2) is 30.5 Å². The lowest BCUT2D eigenvalue weighted by atomic mass is 9.92. The average Bonchev–Trinajstić information content (AvgIpc) is 2.63. The predicted molar refractivity (Wildman–Crippen MR) is 75.4 cm³/mol. The van der Waals surface area contributed by atoms with E-state index in [1.54, 1.807) is 38.3 Å². The molecule has 2 rings (SSSR count). The molecule has 1 aliphatic heterocycles. The molecule has 3 amide bonds. The first-order valence-corrected chi connectivity index (χ1v) is 6.67. The summed E-state index contributed by atoms with van der Waals surface area (Å²) in [5, 5.41) is 2.79. The fourth-order valence-electron chi connectivity index (χ4n) is 2.35. The Labute approximate surface area is 118 Å². The largest absolute Gasteiger partial charge is 0.497 e. The normalized spacial score (nSPS) is 22.4. The van der Waals surface area contributed by atoms with Gasteiger partial charge in [-0.1, -0.05) is 26.0 Å². The number of amides is 3. The van der Waals surface area contributed by atoms with Crippen molar-refractivity contribution in [3.63, 3.8) is 0 Å². The van der Waals surface area contributed by atoms with E-state index in [9.17, 15) is 9.59 Å². The van der Waals surface area contributed by atoms with Crippen LogP contribution in [0.4, 0.5) is 4.79 Å². The second kappa shape index (κ2) is 5.15. The maximum Gasteiger partial charge on any atom is 0.325 e. The van der Waals surface area contributed by atoms with E-state index in [0.29, 0.717) is 12.3 Å². The predicted octanol–water partition coefficient (Wildman–Crippen LogP) is 2.12. The quantitative estimate of drug-likeness (QED) is 0.857. The maximum absolute atomic E-state index is 12.5. The van der Waals surface area contributed by atoms with Crippen LogP contribution >= 0.6 is 0 Å². The van der Waals surface area contributed by atoms with E-state index in [0.717, 1.165) is 5.56 Å². The van der Waals surface area contributed by atoms with Crippen molar-refractivity contribution in [3.8, 4) is 5.75 Å². The number of carbonyl (C=O) groups excluding carboxylic acids is 2. The third-order valence-corrected chi connectivity index (χ3v) is 3.49. The number of rotatable bonds is 4. The summed E-state index contributed by atoms with van der Waals surface area (Å²) in [6.45, 7) is 6.11. The minimum Gasteiger partial charge on any atom is -0.497 e. The number of imide groups is 1. The number of ether oxygens (including phenoxy) is 1. The van der Waals surface area contributed by atoms with Crippen molar-refractivity contribution in [1.29, 1.82) is 0 Å². The molecule has 1 aromatic rings. The van der Waals surface area contributed by atoms with Gasteiger partial charge in [0.1, 0.15) is 11.3 Å². The Kier molecular flexibility index (Phi) is 3.70. The molecule has 0 aromatic heterocycles. The fraction of sp³-hybridized carbons (Fsp3) is 0.467. The molecular formula is C15H20N2O3.